The van der Waals surface area contributed by atoms with Crippen molar-refractivity contribution in [2.24, 2.45) is 5.92 Å². The van der Waals surface area contributed by atoms with Crippen LogP contribution in [-0.2, 0) is 20.8 Å². The van der Waals surface area contributed by atoms with Crippen LogP contribution in [0.2, 0.25) is 0 Å². The maximum absolute atomic E-state index is 12.5. The number of carbonyl (C=O) groups is 3. The number of aliphatic hydroxyl groups excluding tert-OH is 3. The molecule has 5 atom stereocenters. The Kier molecular flexibility index (Phi) is 7.72. The van der Waals surface area contributed by atoms with E-state index < -0.39 is 24.1 Å². The zero-order valence-corrected chi connectivity index (χ0v) is 18.8. The number of carbonyl (C=O) groups excluding carboxylic acids is 1. The van der Waals surface area contributed by atoms with Crippen molar-refractivity contribution in [1.82, 2.24) is 15.2 Å². The van der Waals surface area contributed by atoms with Gasteiger partial charge < -0.3 is 35.8 Å². The van der Waals surface area contributed by atoms with Crippen molar-refractivity contribution < 1.29 is 39.9 Å². The zero-order valence-electron chi connectivity index (χ0n) is 18.8. The van der Waals surface area contributed by atoms with Gasteiger partial charge in [0.25, 0.3) is 0 Å². The number of aliphatic carboxylic acids is 2. The molecule has 7 N–H and O–H groups in total. The molecule has 0 spiro atoms. The lowest BCUT2D eigenvalue weighted by Gasteiger charge is -2.39. The average Bonchev–Trinajstić information content (AvgIpc) is 3.23. The Hall–Kier alpha value is -3.25. The summed E-state index contributed by atoms with van der Waals surface area (Å²) < 4.78 is 0. The number of carboxylic acid groups (broad SMARTS) is 2. The van der Waals surface area contributed by atoms with Gasteiger partial charge in [-0.05, 0) is 43.2 Å². The molecule has 2 aliphatic rings. The van der Waals surface area contributed by atoms with Gasteiger partial charge in [0.05, 0.1) is 12.5 Å². The van der Waals surface area contributed by atoms with Crippen LogP contribution >= 0.6 is 0 Å². The number of rotatable bonds is 6. The Bertz CT molecular complexity index is 1090. The topological polar surface area (TPSA) is 183 Å². The van der Waals surface area contributed by atoms with Crippen molar-refractivity contribution in [2.75, 3.05) is 20.2 Å². The van der Waals surface area contributed by atoms with E-state index in [1.165, 1.54) is 22.1 Å². The lowest BCUT2D eigenvalue weighted by atomic mass is 9.80. The summed E-state index contributed by atoms with van der Waals surface area (Å²) in [5, 5.41) is 45.9. The van der Waals surface area contributed by atoms with Crippen molar-refractivity contribution in [3.63, 3.8) is 0 Å². The molecule has 1 aromatic carbocycles. The summed E-state index contributed by atoms with van der Waals surface area (Å²) in [6.45, 7) is 2.47. The zero-order chi connectivity index (χ0) is 25.2. The molecule has 184 valence electrons. The van der Waals surface area contributed by atoms with Crippen LogP contribution in [0.25, 0.3) is 16.5 Å². The highest BCUT2D eigenvalue weighted by molar-refractivity contribution is 5.99. The molecule has 34 heavy (non-hydrogen) atoms. The van der Waals surface area contributed by atoms with E-state index in [4.69, 9.17) is 25.5 Å². The van der Waals surface area contributed by atoms with Crippen LogP contribution in [0.5, 0.6) is 0 Å². The molecule has 0 bridgehead atoms. The Morgan fingerprint density at radius 1 is 1.18 bits per heavy atom. The maximum atomic E-state index is 12.5. The molecule has 2 unspecified atom stereocenters. The van der Waals surface area contributed by atoms with Gasteiger partial charge in [-0.1, -0.05) is 18.2 Å². The van der Waals surface area contributed by atoms with Crippen LogP contribution < -0.4 is 5.32 Å². The van der Waals surface area contributed by atoms with Crippen molar-refractivity contribution >= 4 is 34.3 Å². The third-order valence-electron chi connectivity index (χ3n) is 6.07. The molecule has 2 aromatic rings. The molecule has 0 fully saturated rings. The molecule has 1 amide bonds. The highest BCUT2D eigenvalue weighted by Crippen LogP contribution is 2.40. The predicted molar refractivity (Wildman–Crippen MR) is 122 cm³/mol. The van der Waals surface area contributed by atoms with Crippen molar-refractivity contribution in [1.29, 1.82) is 0 Å². The van der Waals surface area contributed by atoms with E-state index in [0.29, 0.717) is 12.6 Å². The number of nitrogens with zero attached hydrogens (tertiary/aromatic N) is 1. The van der Waals surface area contributed by atoms with E-state index in [9.17, 15) is 14.4 Å². The summed E-state index contributed by atoms with van der Waals surface area (Å²) in [7, 11) is 2.09. The van der Waals surface area contributed by atoms with Gasteiger partial charge in [-0.25, -0.2) is 9.59 Å². The molecule has 0 saturated carbocycles. The second kappa shape index (κ2) is 10.3. The average molecular weight is 475 g/mol. The first-order valence-electron chi connectivity index (χ1n) is 10.8. The van der Waals surface area contributed by atoms with Gasteiger partial charge in [0, 0.05) is 35.7 Å². The first-order chi connectivity index (χ1) is 16.0. The fraction of sp³-hybridized carbons (Fsp3) is 0.435. The highest BCUT2D eigenvalue weighted by Gasteiger charge is 2.35. The van der Waals surface area contributed by atoms with Crippen LogP contribution in [0.1, 0.15) is 18.1 Å². The number of hydrogen-bond donors (Lipinski definition) is 7. The summed E-state index contributed by atoms with van der Waals surface area (Å²) in [4.78, 5) is 37.7. The minimum absolute atomic E-state index is 0.0126. The SMILES string of the molecule is C[C@@H](CO)NC(=O)[C@@H]1C=C2c3cccc4[nH]cc(c34)C[C@H]2N(C)C1.O=C(O)C(O)C(O)C(=O)O. The van der Waals surface area contributed by atoms with Crippen molar-refractivity contribution in [2.45, 2.75) is 37.6 Å². The normalized spacial score (nSPS) is 21.9. The van der Waals surface area contributed by atoms with Gasteiger partial charge in [-0.3, -0.25) is 9.69 Å². The molecular formula is C23H29N3O8. The van der Waals surface area contributed by atoms with Gasteiger partial charge in [0.15, 0.2) is 12.2 Å². The Labute approximate surface area is 195 Å². The minimum atomic E-state index is -2.27. The molecule has 1 aromatic heterocycles. The first-order valence-corrected chi connectivity index (χ1v) is 10.8. The molecule has 4 rings (SSSR count). The summed E-state index contributed by atoms with van der Waals surface area (Å²) in [5.41, 5.74) is 4.99. The van der Waals surface area contributed by atoms with E-state index >= 15 is 0 Å². The third kappa shape index (κ3) is 5.12. The fourth-order valence-electron chi connectivity index (χ4n) is 4.28. The smallest absolute Gasteiger partial charge is 0.335 e. The number of aromatic nitrogens is 1. The summed E-state index contributed by atoms with van der Waals surface area (Å²) in [6, 6.07) is 6.42. The van der Waals surface area contributed by atoms with Gasteiger partial charge in [-0.15, -0.1) is 0 Å². The Morgan fingerprint density at radius 2 is 1.82 bits per heavy atom. The summed E-state index contributed by atoms with van der Waals surface area (Å²) >= 11 is 0. The molecule has 0 radical (unpaired) electrons. The van der Waals surface area contributed by atoms with Crippen LogP contribution in [0, 0.1) is 5.92 Å². The van der Waals surface area contributed by atoms with Crippen LogP contribution in [-0.4, -0.2) is 97.8 Å². The van der Waals surface area contributed by atoms with Crippen molar-refractivity contribution in [3.8, 4) is 0 Å². The molecule has 1 aliphatic carbocycles. The molecule has 11 nitrogen and oxygen atoms in total. The van der Waals surface area contributed by atoms with Crippen LogP contribution in [0.15, 0.2) is 30.5 Å². The monoisotopic (exact) mass is 475 g/mol. The van der Waals surface area contributed by atoms with E-state index in [0.717, 1.165) is 11.9 Å². The second-order valence-electron chi connectivity index (χ2n) is 8.59. The summed E-state index contributed by atoms with van der Waals surface area (Å²) in [5.74, 6) is -3.74. The molecule has 2 heterocycles. The van der Waals surface area contributed by atoms with Gasteiger partial charge in [-0.2, -0.15) is 0 Å². The highest BCUT2D eigenvalue weighted by atomic mass is 16.4. The van der Waals surface area contributed by atoms with Gasteiger partial charge in [0.2, 0.25) is 5.91 Å². The fourth-order valence-corrected chi connectivity index (χ4v) is 4.28. The lowest BCUT2D eigenvalue weighted by molar-refractivity contribution is -0.165. The largest absolute Gasteiger partial charge is 0.479 e. The first kappa shape index (κ1) is 25.4. The Balaban J connectivity index is 0.000000277. The number of nitrogens with one attached hydrogen (secondary N) is 2. The number of amides is 1. The molecular weight excluding hydrogens is 446 g/mol. The van der Waals surface area contributed by atoms with Crippen molar-refractivity contribution in [3.05, 3.63) is 41.6 Å². The molecule has 0 saturated heterocycles. The molecule has 1 aliphatic heterocycles. The minimum Gasteiger partial charge on any atom is -0.479 e. The quantitative estimate of drug-likeness (QED) is 0.287. The standard InChI is InChI=1S/C19H23N3O2.C4H6O6/c1-11(10-23)21-19(24)13-6-15-14-4-3-5-16-18(14)12(8-20-16)7-17(15)22(2)9-13;5-1(3(7)8)2(6)4(9)10/h3-6,8,11,13,17,20,23H,7,9-10H2,1-2H3,(H,21,24);1-2,5-6H,(H,7,8)(H,9,10)/t11-,13+,17+;/m0./s1. The van der Waals surface area contributed by atoms with E-state index in [1.54, 1.807) is 0 Å². The lowest BCUT2D eigenvalue weighted by Crippen LogP contribution is -2.48. The number of carboxylic acids is 2. The van der Waals surface area contributed by atoms with Gasteiger partial charge in [0.1, 0.15) is 0 Å². The number of benzene rings is 1. The Morgan fingerprint density at radius 3 is 2.41 bits per heavy atom. The summed E-state index contributed by atoms with van der Waals surface area (Å²) in [6.07, 6.45) is 0.686. The van der Waals surface area contributed by atoms with Crippen LogP contribution in [0.4, 0.5) is 0 Å². The van der Waals surface area contributed by atoms with E-state index in [1.807, 2.05) is 6.92 Å². The predicted octanol–water partition coefficient (Wildman–Crippen LogP) is -0.588. The maximum Gasteiger partial charge on any atom is 0.335 e. The van der Waals surface area contributed by atoms with Gasteiger partial charge >= 0.3 is 11.9 Å². The number of aliphatic hydroxyl groups is 3. The number of fused-ring (bicyclic) bond motifs is 2. The van der Waals surface area contributed by atoms with Crippen LogP contribution in [0.3, 0.4) is 0 Å². The van der Waals surface area contributed by atoms with E-state index in [-0.39, 0.29) is 24.5 Å². The molecule has 11 heteroatoms. The number of aromatic amines is 1. The number of likely N-dealkylation sites (N-methyl/N-ethyl adjacent to an activating group) is 1. The number of H-pyrrole nitrogens is 1. The van der Waals surface area contributed by atoms with E-state index in [2.05, 4.69) is 52.7 Å². The third-order valence-corrected chi connectivity index (χ3v) is 6.07. The second-order valence-corrected chi connectivity index (χ2v) is 8.59. The number of hydrogen-bond acceptors (Lipinski definition) is 7.